The highest BCUT2D eigenvalue weighted by Gasteiger charge is 2.43. The Morgan fingerprint density at radius 3 is 2.12 bits per heavy atom. The van der Waals surface area contributed by atoms with Crippen molar-refractivity contribution in [2.45, 2.75) is 49.4 Å². The van der Waals surface area contributed by atoms with Gasteiger partial charge in [0.1, 0.15) is 26.7 Å². The number of rotatable bonds is 13. The minimum absolute atomic E-state index is 0.0268. The average molecular weight is 596 g/mol. The number of aliphatic hydroxyl groups is 1. The number of phosphoric ester groups is 1. The number of halogens is 1. The van der Waals surface area contributed by atoms with Crippen molar-refractivity contribution in [2.75, 3.05) is 19.9 Å². The van der Waals surface area contributed by atoms with Crippen LogP contribution in [0.25, 0.3) is 0 Å². The van der Waals surface area contributed by atoms with Crippen molar-refractivity contribution in [3.8, 4) is 0 Å². The van der Waals surface area contributed by atoms with E-state index in [1.807, 2.05) is 0 Å². The fraction of sp³-hybridized carbons (Fsp3) is 1.00. The lowest BCUT2D eigenvalue weighted by Crippen LogP contribution is -2.30. The van der Waals surface area contributed by atoms with Gasteiger partial charge in [-0.2, -0.15) is 4.31 Å². The Kier molecular flexibility index (Phi) is 11.1. The molecule has 0 bridgehead atoms. The summed E-state index contributed by atoms with van der Waals surface area (Å²) >= 11 is 4.46. The smallest absolute Gasteiger partial charge is 0.390 e. The highest BCUT2D eigenvalue weighted by Crippen LogP contribution is 2.66. The summed E-state index contributed by atoms with van der Waals surface area (Å²) in [5, 5.41) is 9.77. The van der Waals surface area contributed by atoms with Crippen molar-refractivity contribution >= 4 is 49.8 Å². The van der Waals surface area contributed by atoms with E-state index in [-0.39, 0.29) is 12.8 Å². The zero-order valence-corrected chi connectivity index (χ0v) is 21.3. The molecular weight excluding hydrogens is 574 g/mol. The summed E-state index contributed by atoms with van der Waals surface area (Å²) < 4.78 is 79.5. The van der Waals surface area contributed by atoms with Crippen LogP contribution in [0.15, 0.2) is 0 Å². The molecule has 2 heterocycles. The van der Waals surface area contributed by atoms with Gasteiger partial charge in [-0.05, 0) is 18.2 Å². The minimum atomic E-state index is -5.54. The van der Waals surface area contributed by atoms with Crippen LogP contribution in [0.1, 0.15) is 12.8 Å². The molecule has 0 aliphatic carbocycles. The normalized spacial score (nSPS) is 35.5. The molecule has 2 radical (unpaired) electrons. The maximum Gasteiger partial charge on any atom is 0.488 e. The van der Waals surface area contributed by atoms with E-state index < -0.39 is 86.6 Å². The molecule has 0 aromatic rings. The van der Waals surface area contributed by atoms with E-state index in [0.717, 1.165) is 0 Å². The molecular formula is C11H22BFO16P4S. The molecule has 0 aromatic heterocycles. The Labute approximate surface area is 198 Å². The number of phosphoric acid groups is 3. The van der Waals surface area contributed by atoms with Crippen LogP contribution in [-0.4, -0.2) is 93.8 Å². The largest absolute Gasteiger partial charge is 0.488 e. The molecule has 23 heteroatoms. The van der Waals surface area contributed by atoms with Crippen LogP contribution in [0.4, 0.5) is 4.39 Å². The molecule has 6 N–H and O–H groups in total. The van der Waals surface area contributed by atoms with Gasteiger partial charge in [0, 0.05) is 12.4 Å². The molecule has 0 aromatic carbocycles. The molecule has 2 aliphatic rings. The van der Waals surface area contributed by atoms with Gasteiger partial charge in [0.2, 0.25) is 0 Å². The first-order chi connectivity index (χ1) is 15.4. The Morgan fingerprint density at radius 1 is 0.941 bits per heavy atom. The molecule has 2 fully saturated rings. The lowest BCUT2D eigenvalue weighted by molar-refractivity contribution is -0.0366. The van der Waals surface area contributed by atoms with Crippen molar-refractivity contribution in [1.82, 2.24) is 0 Å². The third-order valence-corrected chi connectivity index (χ3v) is 9.92. The lowest BCUT2D eigenvalue weighted by Gasteiger charge is -2.24. The maximum absolute atomic E-state index is 12.6. The van der Waals surface area contributed by atoms with Crippen molar-refractivity contribution in [3.63, 3.8) is 0 Å². The summed E-state index contributed by atoms with van der Waals surface area (Å²) in [6.07, 6.45) is -5.87. The molecule has 0 spiro atoms. The summed E-state index contributed by atoms with van der Waals surface area (Å²) in [6.45, 7) is -6.90. The van der Waals surface area contributed by atoms with Crippen LogP contribution in [0.2, 0.25) is 0 Å². The monoisotopic (exact) mass is 596 g/mol. The summed E-state index contributed by atoms with van der Waals surface area (Å²) in [5.41, 5.74) is 0. The predicted octanol–water partition coefficient (Wildman–Crippen LogP) is -0.280. The Bertz CT molecular complexity index is 891. The second kappa shape index (κ2) is 12.1. The topological polar surface area (TPSA) is 237 Å². The van der Waals surface area contributed by atoms with Crippen LogP contribution in [0, 0.1) is 0 Å². The number of hydrogen-bond donors (Lipinski definition) is 6. The van der Waals surface area contributed by atoms with Crippen molar-refractivity contribution < 1.29 is 79.3 Å². The molecule has 0 amide bonds. The number of aliphatic hydroxyl groups excluding tert-OH is 1. The maximum atomic E-state index is 12.6. The molecule has 3 unspecified atom stereocenters. The predicted molar refractivity (Wildman–Crippen MR) is 111 cm³/mol. The van der Waals surface area contributed by atoms with Crippen molar-refractivity contribution in [1.29, 1.82) is 0 Å². The number of ether oxygens (including phenoxy) is 2. The van der Waals surface area contributed by atoms with E-state index in [0.29, 0.717) is 0 Å². The van der Waals surface area contributed by atoms with Crippen LogP contribution in [0.5, 0.6) is 0 Å². The van der Waals surface area contributed by atoms with Gasteiger partial charge < -0.3 is 43.6 Å². The fourth-order valence-corrected chi connectivity index (χ4v) is 7.84. The zero-order chi connectivity index (χ0) is 25.9. The van der Waals surface area contributed by atoms with Gasteiger partial charge in [0.25, 0.3) is 0 Å². The first-order valence-corrected chi connectivity index (χ1v) is 16.3. The van der Waals surface area contributed by atoms with E-state index in [2.05, 4.69) is 20.4 Å². The molecule has 2 saturated heterocycles. The van der Waals surface area contributed by atoms with E-state index in [4.69, 9.17) is 40.7 Å². The molecule has 2 aliphatic heterocycles. The van der Waals surface area contributed by atoms with Crippen LogP contribution in [0.3, 0.4) is 0 Å². The fourth-order valence-electron chi connectivity index (χ4n) is 2.91. The molecule has 0 saturated carbocycles. The molecule has 9 atom stereocenters. The summed E-state index contributed by atoms with van der Waals surface area (Å²) in [5.74, 6) is 0. The van der Waals surface area contributed by atoms with E-state index in [9.17, 15) is 37.9 Å². The van der Waals surface area contributed by atoms with E-state index >= 15 is 0 Å². The molecule has 2 rings (SSSR count). The second-order valence-corrected chi connectivity index (χ2v) is 14.2. The van der Waals surface area contributed by atoms with E-state index in [1.54, 1.807) is 0 Å². The Balaban J connectivity index is 1.91. The lowest BCUT2D eigenvalue weighted by atomic mass is 9.96. The van der Waals surface area contributed by atoms with Gasteiger partial charge in [0.15, 0.2) is 0 Å². The molecule has 16 nitrogen and oxygen atoms in total. The van der Waals surface area contributed by atoms with Gasteiger partial charge in [-0.1, -0.05) is 0 Å². The van der Waals surface area contributed by atoms with Crippen LogP contribution in [-0.2, 0) is 57.2 Å². The van der Waals surface area contributed by atoms with Crippen LogP contribution < -0.4 is 0 Å². The zero-order valence-electron chi connectivity index (χ0n) is 16.9. The summed E-state index contributed by atoms with van der Waals surface area (Å²) in [4.78, 5) is 46.2. The first-order valence-electron chi connectivity index (χ1n) is 9.15. The molecule has 34 heavy (non-hydrogen) atoms. The summed E-state index contributed by atoms with van der Waals surface area (Å²) in [6, 6.07) is -1.04. The van der Waals surface area contributed by atoms with Crippen LogP contribution >= 0.6 is 30.2 Å². The second-order valence-electron chi connectivity index (χ2n) is 7.00. The SMILES string of the molecule is [B][C@H]1C[C@H](OP(=O)(O)OC[C@H]2O[C@@H](CF)C[C@@H]2O)[C@@H](COP(O)(=S)OP(=O)(O)OP(=O)(O)O)O1. The Hall–Kier alpha value is 0.815. The van der Waals surface area contributed by atoms with Crippen molar-refractivity contribution in [2.24, 2.45) is 0 Å². The minimum Gasteiger partial charge on any atom is -0.390 e. The van der Waals surface area contributed by atoms with Gasteiger partial charge in [-0.15, -0.1) is 0 Å². The van der Waals surface area contributed by atoms with Gasteiger partial charge in [-0.3, -0.25) is 9.05 Å². The molecule has 198 valence electrons. The van der Waals surface area contributed by atoms with Gasteiger partial charge >= 0.3 is 30.2 Å². The summed E-state index contributed by atoms with van der Waals surface area (Å²) in [7, 11) is -10.2. The van der Waals surface area contributed by atoms with Gasteiger partial charge in [-0.25, -0.2) is 22.4 Å². The Morgan fingerprint density at radius 2 is 1.56 bits per heavy atom. The third-order valence-electron chi connectivity index (χ3n) is 4.19. The average Bonchev–Trinajstić information content (AvgIpc) is 3.16. The third kappa shape index (κ3) is 10.7. The number of hydrogen-bond acceptors (Lipinski definition) is 12. The number of alkyl halides is 1. The standard InChI is InChI=1S/C11H22BFO16P4S/c12-11-2-8(27-31(18,19)23-4-9-7(14)1-6(3-13)25-9)10(26-11)5-24-33(22,34)29-32(20,21)28-30(15,16)17/h6-11,14H,1-5H2,(H,18,19)(H,20,21)(H,22,34)(H2,15,16,17)/t6-,7+,8+,9-,10-,11-,33?/m1/s1. The first kappa shape index (κ1) is 31.0. The van der Waals surface area contributed by atoms with E-state index in [1.165, 1.54) is 0 Å². The highest BCUT2D eigenvalue weighted by atomic mass is 32.5. The quantitative estimate of drug-likeness (QED) is 0.118. The van der Waals surface area contributed by atoms with Crippen molar-refractivity contribution in [3.05, 3.63) is 0 Å². The van der Waals surface area contributed by atoms with Gasteiger partial charge in [0.05, 0.1) is 31.5 Å². The highest BCUT2D eigenvalue weighted by molar-refractivity contribution is 8.08.